The van der Waals surface area contributed by atoms with E-state index in [1.54, 1.807) is 0 Å². The van der Waals surface area contributed by atoms with Gasteiger partial charge in [-0.05, 0) is 37.3 Å². The third kappa shape index (κ3) is 4.71. The number of hydrogen-bond acceptors (Lipinski definition) is 4. The number of methoxy groups -OCH3 is 1. The third-order valence-electron chi connectivity index (χ3n) is 5.08. The van der Waals surface area contributed by atoms with Crippen molar-refractivity contribution >= 4 is 11.9 Å². The summed E-state index contributed by atoms with van der Waals surface area (Å²) in [6.45, 7) is 5.79. The van der Waals surface area contributed by atoms with Crippen LogP contribution in [0, 0.1) is 17.7 Å². The molecule has 0 spiro atoms. The number of carbonyl (C=O) groups is 2. The molecule has 0 aliphatic heterocycles. The van der Waals surface area contributed by atoms with Gasteiger partial charge in [0.25, 0.3) is 5.91 Å². The molecule has 1 fully saturated rings. The number of ether oxygens (including phenoxy) is 2. The second-order valence-corrected chi connectivity index (χ2v) is 6.78. The Hall–Kier alpha value is -2.11. The number of carbonyl (C=O) groups excluding carboxylic acids is 2. The Morgan fingerprint density at radius 2 is 2.00 bits per heavy atom. The second kappa shape index (κ2) is 8.32. The summed E-state index contributed by atoms with van der Waals surface area (Å²) in [4.78, 5) is 24.4. The van der Waals surface area contributed by atoms with Crippen molar-refractivity contribution in [1.82, 2.24) is 5.32 Å². The monoisotopic (exact) mass is 351 g/mol. The van der Waals surface area contributed by atoms with Crippen LogP contribution in [0.2, 0.25) is 0 Å². The average molecular weight is 351 g/mol. The molecule has 5 nitrogen and oxygen atoms in total. The predicted octanol–water partition coefficient (Wildman–Crippen LogP) is 3.32. The van der Waals surface area contributed by atoms with Gasteiger partial charge in [-0.1, -0.05) is 26.7 Å². The van der Waals surface area contributed by atoms with Gasteiger partial charge < -0.3 is 14.8 Å². The highest BCUT2D eigenvalue weighted by Crippen LogP contribution is 2.29. The highest BCUT2D eigenvalue weighted by atomic mass is 19.1. The summed E-state index contributed by atoms with van der Waals surface area (Å²) in [5.41, 5.74) is -0.222. The standard InChI is InChI=1S/C19H26FNO4/c1-11-6-5-7-17(12(11)2)21-18(22)13(3)25-19(23)15-9-8-14(24-4)10-16(15)20/h8-13,17H,5-7H2,1-4H3,(H,21,22)/t11-,12+,13+,17-/m0/s1. The third-order valence-corrected chi connectivity index (χ3v) is 5.08. The normalized spacial score (nSPS) is 24.3. The Morgan fingerprint density at radius 3 is 2.64 bits per heavy atom. The van der Waals surface area contributed by atoms with E-state index in [-0.39, 0.29) is 17.5 Å². The molecule has 0 unspecified atom stereocenters. The van der Waals surface area contributed by atoms with E-state index in [0.29, 0.717) is 17.6 Å². The number of nitrogens with one attached hydrogen (secondary N) is 1. The van der Waals surface area contributed by atoms with Crippen LogP contribution >= 0.6 is 0 Å². The van der Waals surface area contributed by atoms with E-state index in [2.05, 4.69) is 19.2 Å². The Morgan fingerprint density at radius 1 is 1.28 bits per heavy atom. The predicted molar refractivity (Wildman–Crippen MR) is 91.9 cm³/mol. The second-order valence-electron chi connectivity index (χ2n) is 6.78. The molecule has 1 amide bonds. The summed E-state index contributed by atoms with van der Waals surface area (Å²) in [6, 6.07) is 3.93. The van der Waals surface area contributed by atoms with Crippen molar-refractivity contribution in [3.63, 3.8) is 0 Å². The number of esters is 1. The van der Waals surface area contributed by atoms with Gasteiger partial charge in [0, 0.05) is 12.1 Å². The van der Waals surface area contributed by atoms with Gasteiger partial charge in [-0.25, -0.2) is 9.18 Å². The van der Waals surface area contributed by atoms with E-state index in [4.69, 9.17) is 9.47 Å². The lowest BCUT2D eigenvalue weighted by molar-refractivity contribution is -0.130. The first-order valence-corrected chi connectivity index (χ1v) is 8.68. The Labute approximate surface area is 147 Å². The summed E-state index contributed by atoms with van der Waals surface area (Å²) < 4.78 is 23.9. The molecule has 6 heteroatoms. The molecule has 138 valence electrons. The summed E-state index contributed by atoms with van der Waals surface area (Å²) >= 11 is 0. The topological polar surface area (TPSA) is 64.6 Å². The van der Waals surface area contributed by atoms with Crippen molar-refractivity contribution in [2.45, 2.75) is 52.2 Å². The summed E-state index contributed by atoms with van der Waals surface area (Å²) in [7, 11) is 1.41. The van der Waals surface area contributed by atoms with Crippen molar-refractivity contribution in [3.8, 4) is 5.75 Å². The maximum absolute atomic E-state index is 13.9. The van der Waals surface area contributed by atoms with Gasteiger partial charge in [-0.15, -0.1) is 0 Å². The lowest BCUT2D eigenvalue weighted by Crippen LogP contribution is -2.47. The van der Waals surface area contributed by atoms with Crippen LogP contribution < -0.4 is 10.1 Å². The minimum atomic E-state index is -0.988. The molecule has 1 N–H and O–H groups in total. The molecule has 0 saturated heterocycles. The number of amides is 1. The maximum atomic E-state index is 13.9. The van der Waals surface area contributed by atoms with Crippen molar-refractivity contribution in [2.75, 3.05) is 7.11 Å². The van der Waals surface area contributed by atoms with Gasteiger partial charge >= 0.3 is 5.97 Å². The van der Waals surface area contributed by atoms with E-state index in [0.717, 1.165) is 25.3 Å². The smallest absolute Gasteiger partial charge is 0.341 e. The van der Waals surface area contributed by atoms with Crippen molar-refractivity contribution in [2.24, 2.45) is 11.8 Å². The van der Waals surface area contributed by atoms with Gasteiger partial charge in [0.05, 0.1) is 12.7 Å². The number of hydrogen-bond donors (Lipinski definition) is 1. The zero-order valence-corrected chi connectivity index (χ0v) is 15.2. The Balaban J connectivity index is 1.95. The molecular weight excluding hydrogens is 325 g/mol. The van der Waals surface area contributed by atoms with Crippen LogP contribution in [-0.2, 0) is 9.53 Å². The van der Waals surface area contributed by atoms with Crippen molar-refractivity contribution in [1.29, 1.82) is 0 Å². The van der Waals surface area contributed by atoms with E-state index >= 15 is 0 Å². The molecule has 2 rings (SSSR count). The lowest BCUT2D eigenvalue weighted by atomic mass is 9.78. The van der Waals surface area contributed by atoms with Crippen molar-refractivity contribution in [3.05, 3.63) is 29.6 Å². The highest BCUT2D eigenvalue weighted by molar-refractivity contribution is 5.92. The number of halogens is 1. The first kappa shape index (κ1) is 19.2. The van der Waals surface area contributed by atoms with Crippen LogP contribution in [0.1, 0.15) is 50.4 Å². The van der Waals surface area contributed by atoms with E-state index in [1.807, 2.05) is 0 Å². The van der Waals surface area contributed by atoms with Crippen LogP contribution in [0.3, 0.4) is 0 Å². The number of rotatable bonds is 5. The highest BCUT2D eigenvalue weighted by Gasteiger charge is 2.30. The van der Waals surface area contributed by atoms with Crippen LogP contribution in [-0.4, -0.2) is 31.1 Å². The first-order valence-electron chi connectivity index (χ1n) is 8.68. The molecule has 4 atom stereocenters. The molecule has 0 aromatic heterocycles. The van der Waals surface area contributed by atoms with E-state index in [1.165, 1.54) is 26.2 Å². The van der Waals surface area contributed by atoms with Crippen LogP contribution in [0.15, 0.2) is 18.2 Å². The van der Waals surface area contributed by atoms with Gasteiger partial charge in [0.2, 0.25) is 0 Å². The summed E-state index contributed by atoms with van der Waals surface area (Å²) in [5.74, 6) is -0.738. The van der Waals surface area contributed by atoms with Crippen LogP contribution in [0.4, 0.5) is 4.39 Å². The molecule has 1 aliphatic rings. The molecule has 1 aromatic rings. The molecule has 1 saturated carbocycles. The number of benzene rings is 1. The SMILES string of the molecule is COc1ccc(C(=O)O[C@H](C)C(=O)N[C@H]2CCC[C@H](C)[C@H]2C)c(F)c1. The van der Waals surface area contributed by atoms with Gasteiger partial charge in [-0.2, -0.15) is 0 Å². The van der Waals surface area contributed by atoms with E-state index < -0.39 is 17.9 Å². The molecule has 25 heavy (non-hydrogen) atoms. The minimum Gasteiger partial charge on any atom is -0.497 e. The van der Waals surface area contributed by atoms with Gasteiger partial charge in [0.15, 0.2) is 6.10 Å². The molecule has 0 heterocycles. The lowest BCUT2D eigenvalue weighted by Gasteiger charge is -2.35. The molecule has 1 aromatic carbocycles. The summed E-state index contributed by atoms with van der Waals surface area (Å²) in [5, 5.41) is 2.96. The first-order chi connectivity index (χ1) is 11.8. The largest absolute Gasteiger partial charge is 0.497 e. The van der Waals surface area contributed by atoms with Crippen LogP contribution in [0.25, 0.3) is 0 Å². The molecular formula is C19H26FNO4. The Bertz CT molecular complexity index is 634. The fourth-order valence-electron chi connectivity index (χ4n) is 3.15. The quantitative estimate of drug-likeness (QED) is 0.827. The fraction of sp³-hybridized carbons (Fsp3) is 0.579. The maximum Gasteiger partial charge on any atom is 0.341 e. The zero-order chi connectivity index (χ0) is 18.6. The van der Waals surface area contributed by atoms with Crippen molar-refractivity contribution < 1.29 is 23.5 Å². The van der Waals surface area contributed by atoms with Crippen LogP contribution in [0.5, 0.6) is 5.75 Å². The molecule has 0 radical (unpaired) electrons. The zero-order valence-electron chi connectivity index (χ0n) is 15.2. The van der Waals surface area contributed by atoms with Gasteiger partial charge in [-0.3, -0.25) is 4.79 Å². The van der Waals surface area contributed by atoms with Gasteiger partial charge in [0.1, 0.15) is 11.6 Å². The Kier molecular flexibility index (Phi) is 6.39. The fourth-order valence-corrected chi connectivity index (χ4v) is 3.15. The van der Waals surface area contributed by atoms with E-state index in [9.17, 15) is 14.0 Å². The average Bonchev–Trinajstić information content (AvgIpc) is 2.58. The molecule has 0 bridgehead atoms. The summed E-state index contributed by atoms with van der Waals surface area (Å²) in [6.07, 6.45) is 2.17. The molecule has 1 aliphatic carbocycles. The minimum absolute atomic E-state index is 0.0788.